The Morgan fingerprint density at radius 2 is 2.20 bits per heavy atom. The van der Waals surface area contributed by atoms with E-state index in [0.717, 1.165) is 25.9 Å². The number of aryl methyl sites for hydroxylation is 1. The van der Waals surface area contributed by atoms with Gasteiger partial charge in [-0.2, -0.15) is 0 Å². The van der Waals surface area contributed by atoms with Gasteiger partial charge in [-0.1, -0.05) is 17.7 Å². The van der Waals surface area contributed by atoms with Crippen LogP contribution in [0, 0.1) is 12.8 Å². The van der Waals surface area contributed by atoms with E-state index in [1.807, 2.05) is 0 Å². The van der Waals surface area contributed by atoms with Gasteiger partial charge < -0.3 is 4.90 Å². The summed E-state index contributed by atoms with van der Waals surface area (Å²) in [6.45, 7) is 4.30. The minimum Gasteiger partial charge on any atom is -0.306 e. The molecule has 0 spiro atoms. The second kappa shape index (κ2) is 6.43. The highest BCUT2D eigenvalue weighted by Gasteiger charge is 2.22. The average Bonchev–Trinajstić information content (AvgIpc) is 2.39. The Morgan fingerprint density at radius 3 is 2.90 bits per heavy atom. The summed E-state index contributed by atoms with van der Waals surface area (Å²) in [6.07, 6.45) is 2.19. The number of rotatable bonds is 4. The summed E-state index contributed by atoms with van der Waals surface area (Å²) < 4.78 is 27.4. The second-order valence-electron chi connectivity index (χ2n) is 5.53. The first kappa shape index (κ1) is 15.8. The summed E-state index contributed by atoms with van der Waals surface area (Å²) in [5, 5.41) is 0.438. The van der Waals surface area contributed by atoms with Gasteiger partial charge in [0.1, 0.15) is 0 Å². The van der Waals surface area contributed by atoms with Crippen LogP contribution in [0.1, 0.15) is 18.4 Å². The van der Waals surface area contributed by atoms with Crippen molar-refractivity contribution in [3.63, 3.8) is 0 Å². The highest BCUT2D eigenvalue weighted by molar-refractivity contribution is 7.89. The molecule has 1 heterocycles. The van der Waals surface area contributed by atoms with Crippen molar-refractivity contribution >= 4 is 21.6 Å². The summed E-state index contributed by atoms with van der Waals surface area (Å²) >= 11 is 5.89. The molecule has 1 aromatic carbocycles. The van der Waals surface area contributed by atoms with E-state index in [4.69, 9.17) is 11.6 Å². The lowest BCUT2D eigenvalue weighted by Gasteiger charge is -2.29. The molecule has 0 bridgehead atoms. The largest absolute Gasteiger partial charge is 0.306 e. The SMILES string of the molecule is Cc1ccc(Cl)cc1S(=O)(=O)NCC1CCCN(C)C1. The molecule has 0 radical (unpaired) electrons. The van der Waals surface area contributed by atoms with Crippen molar-refractivity contribution < 1.29 is 8.42 Å². The van der Waals surface area contributed by atoms with Crippen molar-refractivity contribution in [1.29, 1.82) is 0 Å². The molecular weight excluding hydrogens is 296 g/mol. The molecule has 1 unspecified atom stereocenters. The summed E-state index contributed by atoms with van der Waals surface area (Å²) in [6, 6.07) is 4.93. The standard InChI is InChI=1S/C14H21ClN2O2S/c1-11-5-6-13(15)8-14(11)20(18,19)16-9-12-4-3-7-17(2)10-12/h5-6,8,12,16H,3-4,7,9-10H2,1-2H3. The normalized spacial score (nSPS) is 21.1. The third kappa shape index (κ3) is 3.95. The van der Waals surface area contributed by atoms with E-state index >= 15 is 0 Å². The maximum absolute atomic E-state index is 12.3. The van der Waals surface area contributed by atoms with Gasteiger partial charge in [-0.15, -0.1) is 0 Å². The van der Waals surface area contributed by atoms with Crippen LogP contribution < -0.4 is 4.72 Å². The Balaban J connectivity index is 2.05. The lowest BCUT2D eigenvalue weighted by molar-refractivity contribution is 0.211. The van der Waals surface area contributed by atoms with Crippen LogP contribution in [0.3, 0.4) is 0 Å². The van der Waals surface area contributed by atoms with E-state index in [1.165, 1.54) is 6.07 Å². The molecular formula is C14H21ClN2O2S. The molecule has 0 aliphatic carbocycles. The molecule has 1 aliphatic rings. The first-order valence-corrected chi connectivity index (χ1v) is 8.69. The first-order chi connectivity index (χ1) is 9.38. The van der Waals surface area contributed by atoms with Crippen LogP contribution >= 0.6 is 11.6 Å². The summed E-state index contributed by atoms with van der Waals surface area (Å²) in [5.41, 5.74) is 0.711. The highest BCUT2D eigenvalue weighted by Crippen LogP contribution is 2.21. The van der Waals surface area contributed by atoms with Gasteiger partial charge in [-0.05, 0) is 57.0 Å². The van der Waals surface area contributed by atoms with Crippen molar-refractivity contribution in [2.24, 2.45) is 5.92 Å². The molecule has 0 amide bonds. The van der Waals surface area contributed by atoms with Gasteiger partial charge in [0, 0.05) is 18.1 Å². The van der Waals surface area contributed by atoms with Gasteiger partial charge >= 0.3 is 0 Å². The Kier molecular flexibility index (Phi) is 5.07. The molecule has 0 aromatic heterocycles. The molecule has 0 saturated carbocycles. The Bertz CT molecular complexity index is 575. The van der Waals surface area contributed by atoms with E-state index < -0.39 is 10.0 Å². The van der Waals surface area contributed by atoms with Crippen molar-refractivity contribution in [3.05, 3.63) is 28.8 Å². The Morgan fingerprint density at radius 1 is 1.45 bits per heavy atom. The number of likely N-dealkylation sites (tertiary alicyclic amines) is 1. The van der Waals surface area contributed by atoms with Crippen molar-refractivity contribution in [3.8, 4) is 0 Å². The minimum absolute atomic E-state index is 0.272. The second-order valence-corrected chi connectivity index (χ2v) is 7.70. The fourth-order valence-corrected chi connectivity index (χ4v) is 4.23. The monoisotopic (exact) mass is 316 g/mol. The van der Waals surface area contributed by atoms with Crippen molar-refractivity contribution in [2.75, 3.05) is 26.7 Å². The van der Waals surface area contributed by atoms with Crippen LogP contribution in [0.2, 0.25) is 5.02 Å². The van der Waals surface area contributed by atoms with Crippen LogP contribution in [0.15, 0.2) is 23.1 Å². The number of sulfonamides is 1. The smallest absolute Gasteiger partial charge is 0.240 e. The number of hydrogen-bond donors (Lipinski definition) is 1. The fraction of sp³-hybridized carbons (Fsp3) is 0.571. The molecule has 20 heavy (non-hydrogen) atoms. The quantitative estimate of drug-likeness (QED) is 0.927. The predicted molar refractivity (Wildman–Crippen MR) is 81.6 cm³/mol. The number of nitrogens with zero attached hydrogens (tertiary/aromatic N) is 1. The van der Waals surface area contributed by atoms with Crippen LogP contribution in [-0.2, 0) is 10.0 Å². The molecule has 1 saturated heterocycles. The molecule has 4 nitrogen and oxygen atoms in total. The maximum Gasteiger partial charge on any atom is 0.240 e. The first-order valence-electron chi connectivity index (χ1n) is 6.83. The molecule has 112 valence electrons. The van der Waals surface area contributed by atoms with E-state index in [1.54, 1.807) is 19.1 Å². The van der Waals surface area contributed by atoms with E-state index in [2.05, 4.69) is 16.7 Å². The molecule has 1 atom stereocenters. The van der Waals surface area contributed by atoms with Crippen LogP contribution in [0.5, 0.6) is 0 Å². The highest BCUT2D eigenvalue weighted by atomic mass is 35.5. The van der Waals surface area contributed by atoms with Crippen molar-refractivity contribution in [1.82, 2.24) is 9.62 Å². The summed E-state index contributed by atoms with van der Waals surface area (Å²) in [7, 11) is -1.41. The number of piperidine rings is 1. The third-order valence-electron chi connectivity index (χ3n) is 3.72. The zero-order chi connectivity index (χ0) is 14.8. The maximum atomic E-state index is 12.3. The molecule has 1 N–H and O–H groups in total. The Hall–Kier alpha value is -0.620. The van der Waals surface area contributed by atoms with Crippen LogP contribution in [0.4, 0.5) is 0 Å². The lowest BCUT2D eigenvalue weighted by atomic mass is 9.99. The number of benzene rings is 1. The van der Waals surface area contributed by atoms with Gasteiger partial charge in [0.2, 0.25) is 10.0 Å². The van der Waals surface area contributed by atoms with Crippen molar-refractivity contribution in [2.45, 2.75) is 24.7 Å². The molecule has 6 heteroatoms. The topological polar surface area (TPSA) is 49.4 Å². The van der Waals surface area contributed by atoms with Gasteiger partial charge in [0.05, 0.1) is 4.90 Å². The summed E-state index contributed by atoms with van der Waals surface area (Å²) in [5.74, 6) is 0.378. The lowest BCUT2D eigenvalue weighted by Crippen LogP contribution is -2.39. The fourth-order valence-electron chi connectivity index (χ4n) is 2.61. The van der Waals surface area contributed by atoms with Gasteiger partial charge in [-0.25, -0.2) is 13.1 Å². The molecule has 1 aromatic rings. The van der Waals surface area contributed by atoms with E-state index in [-0.39, 0.29) is 4.90 Å². The van der Waals surface area contributed by atoms with Gasteiger partial charge in [-0.3, -0.25) is 0 Å². The summed E-state index contributed by atoms with van der Waals surface area (Å²) in [4.78, 5) is 2.52. The van der Waals surface area contributed by atoms with E-state index in [0.29, 0.717) is 23.0 Å². The van der Waals surface area contributed by atoms with E-state index in [9.17, 15) is 8.42 Å². The zero-order valence-electron chi connectivity index (χ0n) is 11.9. The molecule has 1 fully saturated rings. The Labute approximate surface area is 126 Å². The number of nitrogens with one attached hydrogen (secondary N) is 1. The number of hydrogen-bond acceptors (Lipinski definition) is 3. The van der Waals surface area contributed by atoms with Gasteiger partial charge in [0.25, 0.3) is 0 Å². The minimum atomic E-state index is -3.48. The number of halogens is 1. The van der Waals surface area contributed by atoms with Crippen LogP contribution in [0.25, 0.3) is 0 Å². The zero-order valence-corrected chi connectivity index (χ0v) is 13.5. The average molecular weight is 317 g/mol. The molecule has 2 rings (SSSR count). The third-order valence-corrected chi connectivity index (χ3v) is 5.52. The van der Waals surface area contributed by atoms with Gasteiger partial charge in [0.15, 0.2) is 0 Å². The predicted octanol–water partition coefficient (Wildman–Crippen LogP) is 2.27. The van der Waals surface area contributed by atoms with Crippen LogP contribution in [-0.4, -0.2) is 40.0 Å². The molecule has 1 aliphatic heterocycles.